The van der Waals surface area contributed by atoms with E-state index in [-0.39, 0.29) is 24.0 Å². The molecule has 0 saturated heterocycles. The van der Waals surface area contributed by atoms with Gasteiger partial charge in [-0.25, -0.2) is 14.5 Å². The molecule has 0 fully saturated rings. The lowest BCUT2D eigenvalue weighted by atomic mass is 9.97. The summed E-state index contributed by atoms with van der Waals surface area (Å²) in [4.78, 5) is 48.3. The Kier molecular flexibility index (Phi) is 8.31. The van der Waals surface area contributed by atoms with E-state index in [4.69, 9.17) is 16.3 Å². The molecule has 45 heavy (non-hydrogen) atoms. The largest absolute Gasteiger partial charge is 0.462 e. The molecule has 1 aliphatic rings. The summed E-state index contributed by atoms with van der Waals surface area (Å²) in [5.41, 5.74) is 4.43. The van der Waals surface area contributed by atoms with Gasteiger partial charge < -0.3 is 10.1 Å². The molecule has 13 heteroatoms. The summed E-state index contributed by atoms with van der Waals surface area (Å²) in [6.45, 7) is 3.87. The Bertz CT molecular complexity index is 1960. The Hall–Kier alpha value is -5.10. The topological polar surface area (TPSA) is 139 Å². The number of fused-ring (bicyclic) bond motifs is 4. The highest BCUT2D eigenvalue weighted by molar-refractivity contribution is 6.31. The molecule has 0 radical (unpaired) electrons. The fraction of sp³-hybridized carbons (Fsp3) is 0.281. The lowest BCUT2D eigenvalue weighted by molar-refractivity contribution is -0.119. The van der Waals surface area contributed by atoms with Crippen LogP contribution in [0, 0.1) is 5.92 Å². The number of carbonyl (C=O) groups is 2. The molecule has 5 aromatic rings. The molecule has 1 aliphatic heterocycles. The Balaban J connectivity index is 1.40. The Morgan fingerprint density at radius 2 is 1.93 bits per heavy atom. The van der Waals surface area contributed by atoms with E-state index >= 15 is 0 Å². The number of nitrogens with one attached hydrogen (secondary N) is 1. The average molecular weight is 627 g/mol. The van der Waals surface area contributed by atoms with Gasteiger partial charge in [-0.1, -0.05) is 24.9 Å². The van der Waals surface area contributed by atoms with Gasteiger partial charge in [0.15, 0.2) is 0 Å². The van der Waals surface area contributed by atoms with E-state index in [2.05, 4.69) is 25.5 Å². The minimum absolute atomic E-state index is 0.0808. The molecule has 4 aromatic heterocycles. The highest BCUT2D eigenvalue weighted by Crippen LogP contribution is 2.33. The molecule has 0 unspecified atom stereocenters. The number of amides is 1. The van der Waals surface area contributed by atoms with Gasteiger partial charge in [-0.2, -0.15) is 10.2 Å². The van der Waals surface area contributed by atoms with Crippen LogP contribution in [0.15, 0.2) is 72.3 Å². The van der Waals surface area contributed by atoms with Crippen molar-refractivity contribution in [2.75, 3.05) is 11.9 Å². The van der Waals surface area contributed by atoms with Crippen molar-refractivity contribution in [2.45, 2.75) is 39.2 Å². The van der Waals surface area contributed by atoms with Crippen LogP contribution >= 0.6 is 11.6 Å². The third kappa shape index (κ3) is 6.01. The van der Waals surface area contributed by atoms with Crippen LogP contribution in [0.25, 0.3) is 28.2 Å². The number of hydrogen-bond donors (Lipinski definition) is 1. The molecule has 1 N–H and O–H groups in total. The number of rotatable bonds is 5. The average Bonchev–Trinajstić information content (AvgIpc) is 3.66. The first-order valence-electron chi connectivity index (χ1n) is 14.6. The van der Waals surface area contributed by atoms with Crippen molar-refractivity contribution in [2.24, 2.45) is 13.0 Å². The highest BCUT2D eigenvalue weighted by atomic mass is 35.5. The van der Waals surface area contributed by atoms with Gasteiger partial charge in [0.05, 0.1) is 65.4 Å². The molecular weight excluding hydrogens is 596 g/mol. The first-order chi connectivity index (χ1) is 21.7. The predicted molar refractivity (Wildman–Crippen MR) is 168 cm³/mol. The zero-order valence-electron chi connectivity index (χ0n) is 25.0. The second-order valence-corrected chi connectivity index (χ2v) is 11.3. The third-order valence-corrected chi connectivity index (χ3v) is 8.14. The summed E-state index contributed by atoms with van der Waals surface area (Å²) < 4.78 is 9.90. The number of pyridine rings is 1. The standard InChI is InChI=1S/C32H31ClN8O4/c1-4-45-32(44)21-15-37-41(17-21)27-9-8-22(33)13-23(27)24-14-29(42)40(18-35-24)28-7-5-6-19(2)31(43)38-26-16-36-39(3)30(26)20-10-11-34-25(28)12-20/h8-19,28H,4-7H2,1-3H3,(H,38,43)/t19-,28+/m1/s1. The molecule has 0 spiro atoms. The molecule has 230 valence electrons. The van der Waals surface area contributed by atoms with E-state index < -0.39 is 12.0 Å². The quantitative estimate of drug-likeness (QED) is 0.267. The van der Waals surface area contributed by atoms with Crippen LogP contribution in [0.1, 0.15) is 55.2 Å². The number of nitrogens with zero attached hydrogens (tertiary/aromatic N) is 7. The Morgan fingerprint density at radius 1 is 1.09 bits per heavy atom. The second-order valence-electron chi connectivity index (χ2n) is 10.9. The fourth-order valence-corrected chi connectivity index (χ4v) is 5.73. The van der Waals surface area contributed by atoms with Crippen LogP contribution in [0.4, 0.5) is 5.69 Å². The molecule has 2 atom stereocenters. The summed E-state index contributed by atoms with van der Waals surface area (Å²) >= 11 is 6.37. The van der Waals surface area contributed by atoms with Gasteiger partial charge >= 0.3 is 5.97 Å². The maximum Gasteiger partial charge on any atom is 0.341 e. The maximum absolute atomic E-state index is 13.8. The number of aryl methyl sites for hydroxylation is 1. The van der Waals surface area contributed by atoms with Gasteiger partial charge in [0.2, 0.25) is 5.91 Å². The summed E-state index contributed by atoms with van der Waals surface area (Å²) in [5.74, 6) is -0.804. The third-order valence-electron chi connectivity index (χ3n) is 7.90. The maximum atomic E-state index is 13.8. The molecule has 6 rings (SSSR count). The Labute approximate surface area is 263 Å². The smallest absolute Gasteiger partial charge is 0.341 e. The van der Waals surface area contributed by atoms with Crippen molar-refractivity contribution in [3.05, 3.63) is 94.1 Å². The number of benzene rings is 1. The van der Waals surface area contributed by atoms with E-state index in [9.17, 15) is 14.4 Å². The zero-order chi connectivity index (χ0) is 31.7. The van der Waals surface area contributed by atoms with Crippen molar-refractivity contribution < 1.29 is 14.3 Å². The first kappa shape index (κ1) is 29.9. The van der Waals surface area contributed by atoms with Crippen molar-refractivity contribution in [1.82, 2.24) is 34.1 Å². The number of aromatic nitrogens is 7. The summed E-state index contributed by atoms with van der Waals surface area (Å²) in [6.07, 6.45) is 9.72. The number of anilines is 1. The number of esters is 1. The van der Waals surface area contributed by atoms with Gasteiger partial charge in [-0.05, 0) is 50.1 Å². The second kappa shape index (κ2) is 12.5. The molecule has 1 amide bonds. The van der Waals surface area contributed by atoms with Crippen LogP contribution in [0.2, 0.25) is 5.02 Å². The first-order valence-corrected chi connectivity index (χ1v) is 15.0. The molecule has 2 bridgehead atoms. The molecule has 5 heterocycles. The lowest BCUT2D eigenvalue weighted by Crippen LogP contribution is -2.27. The minimum atomic E-state index is -0.482. The number of ether oxygens (including phenoxy) is 1. The van der Waals surface area contributed by atoms with E-state index in [0.717, 1.165) is 11.3 Å². The monoisotopic (exact) mass is 626 g/mol. The van der Waals surface area contributed by atoms with Crippen molar-refractivity contribution >= 4 is 29.2 Å². The summed E-state index contributed by atoms with van der Waals surface area (Å²) in [7, 11) is 1.82. The van der Waals surface area contributed by atoms with E-state index in [1.807, 2.05) is 26.1 Å². The van der Waals surface area contributed by atoms with Gasteiger partial charge in [0.25, 0.3) is 5.56 Å². The van der Waals surface area contributed by atoms with Gasteiger partial charge in [0.1, 0.15) is 0 Å². The molecular formula is C32H31ClN8O4. The minimum Gasteiger partial charge on any atom is -0.462 e. The van der Waals surface area contributed by atoms with Gasteiger partial charge in [-0.15, -0.1) is 0 Å². The van der Waals surface area contributed by atoms with Crippen LogP contribution < -0.4 is 10.9 Å². The summed E-state index contributed by atoms with van der Waals surface area (Å²) in [6, 6.07) is 9.97. The van der Waals surface area contributed by atoms with Crippen molar-refractivity contribution in [3.8, 4) is 28.2 Å². The zero-order valence-corrected chi connectivity index (χ0v) is 25.7. The highest BCUT2D eigenvalue weighted by Gasteiger charge is 2.24. The fourth-order valence-electron chi connectivity index (χ4n) is 5.56. The summed E-state index contributed by atoms with van der Waals surface area (Å²) in [5, 5.41) is 12.2. The number of halogens is 1. The molecule has 0 saturated carbocycles. The number of hydrogen-bond acceptors (Lipinski definition) is 8. The van der Waals surface area contributed by atoms with Crippen molar-refractivity contribution in [1.29, 1.82) is 0 Å². The van der Waals surface area contributed by atoms with Gasteiger partial charge in [-0.3, -0.25) is 23.8 Å². The van der Waals surface area contributed by atoms with E-state index in [1.165, 1.54) is 23.3 Å². The Morgan fingerprint density at radius 3 is 2.73 bits per heavy atom. The van der Waals surface area contributed by atoms with Crippen LogP contribution in [-0.4, -0.2) is 52.6 Å². The van der Waals surface area contributed by atoms with E-state index in [1.54, 1.807) is 53.0 Å². The normalized spacial score (nSPS) is 16.7. The lowest BCUT2D eigenvalue weighted by Gasteiger charge is -2.22. The molecule has 1 aromatic carbocycles. The molecule has 12 nitrogen and oxygen atoms in total. The van der Waals surface area contributed by atoms with Gasteiger partial charge in [0, 0.05) is 47.6 Å². The number of carbonyl (C=O) groups excluding carboxylic acids is 2. The van der Waals surface area contributed by atoms with Crippen LogP contribution in [0.5, 0.6) is 0 Å². The predicted octanol–water partition coefficient (Wildman–Crippen LogP) is 5.07. The van der Waals surface area contributed by atoms with Crippen LogP contribution in [0.3, 0.4) is 0 Å². The van der Waals surface area contributed by atoms with Crippen LogP contribution in [-0.2, 0) is 16.6 Å². The SMILES string of the molecule is CCOC(=O)c1cnn(-c2ccc(Cl)cc2-c2cc(=O)n([C@H]3CCC[C@@H](C)C(=O)Nc4cnn(C)c4-c4ccnc3c4)cn2)c1. The van der Waals surface area contributed by atoms with Crippen molar-refractivity contribution in [3.63, 3.8) is 0 Å². The van der Waals surface area contributed by atoms with E-state index in [0.29, 0.717) is 58.2 Å². The molecule has 0 aliphatic carbocycles.